The summed E-state index contributed by atoms with van der Waals surface area (Å²) in [5, 5.41) is 0. The van der Waals surface area contributed by atoms with Crippen molar-refractivity contribution in [2.24, 2.45) is 5.92 Å². The molecule has 2 aliphatic rings. The lowest BCUT2D eigenvalue weighted by molar-refractivity contribution is -0.151. The summed E-state index contributed by atoms with van der Waals surface area (Å²) in [5.74, 6) is -0.0698. The molecular formula is C22H23FO4. The van der Waals surface area contributed by atoms with Gasteiger partial charge in [0.2, 0.25) is 6.29 Å². The predicted molar refractivity (Wildman–Crippen MR) is 97.4 cm³/mol. The van der Waals surface area contributed by atoms with Crippen molar-refractivity contribution in [1.82, 2.24) is 0 Å². The van der Waals surface area contributed by atoms with Gasteiger partial charge < -0.3 is 14.2 Å². The molecule has 27 heavy (non-hydrogen) atoms. The molecule has 4 nitrogen and oxygen atoms in total. The second-order valence-corrected chi connectivity index (χ2v) is 7.17. The Hall–Kier alpha value is -2.40. The van der Waals surface area contributed by atoms with Gasteiger partial charge >= 0.3 is 5.97 Å². The molecule has 0 saturated heterocycles. The zero-order valence-corrected chi connectivity index (χ0v) is 15.2. The van der Waals surface area contributed by atoms with Crippen molar-refractivity contribution in [3.05, 3.63) is 65.0 Å². The Morgan fingerprint density at radius 3 is 2.67 bits per heavy atom. The van der Waals surface area contributed by atoms with Gasteiger partial charge in [0.1, 0.15) is 18.2 Å². The molecule has 142 valence electrons. The highest BCUT2D eigenvalue weighted by atomic mass is 19.1. The van der Waals surface area contributed by atoms with Gasteiger partial charge in [-0.2, -0.15) is 0 Å². The van der Waals surface area contributed by atoms with Gasteiger partial charge in [-0.1, -0.05) is 49.6 Å². The molecule has 1 aliphatic carbocycles. The molecule has 4 rings (SSSR count). The van der Waals surface area contributed by atoms with Crippen molar-refractivity contribution in [3.8, 4) is 5.75 Å². The van der Waals surface area contributed by atoms with Gasteiger partial charge in [0.25, 0.3) is 0 Å². The fourth-order valence-electron chi connectivity index (χ4n) is 3.76. The molecule has 2 aromatic carbocycles. The first-order chi connectivity index (χ1) is 13.2. The first kappa shape index (κ1) is 18.0. The molecule has 1 unspecified atom stereocenters. The van der Waals surface area contributed by atoms with Crippen molar-refractivity contribution >= 4 is 5.97 Å². The van der Waals surface area contributed by atoms with E-state index in [4.69, 9.17) is 14.2 Å². The molecule has 2 aromatic rings. The van der Waals surface area contributed by atoms with Crippen LogP contribution in [0.5, 0.6) is 5.75 Å². The second kappa shape index (κ2) is 8.09. The smallest absolute Gasteiger partial charge is 0.309 e. The Bertz CT molecular complexity index is 799. The Labute approximate surface area is 158 Å². The summed E-state index contributed by atoms with van der Waals surface area (Å²) < 4.78 is 31.2. The van der Waals surface area contributed by atoms with Crippen molar-refractivity contribution < 1.29 is 23.4 Å². The topological polar surface area (TPSA) is 44.8 Å². The van der Waals surface area contributed by atoms with Crippen LogP contribution in [0.15, 0.2) is 42.5 Å². The molecule has 0 amide bonds. The van der Waals surface area contributed by atoms with Crippen molar-refractivity contribution in [3.63, 3.8) is 0 Å². The molecule has 0 bridgehead atoms. The van der Waals surface area contributed by atoms with Crippen LogP contribution in [0.4, 0.5) is 4.39 Å². The van der Waals surface area contributed by atoms with E-state index in [-0.39, 0.29) is 30.9 Å². The first-order valence-corrected chi connectivity index (χ1v) is 9.52. The molecular weight excluding hydrogens is 347 g/mol. The van der Waals surface area contributed by atoms with Crippen LogP contribution in [0.1, 0.15) is 55.1 Å². The van der Waals surface area contributed by atoms with E-state index >= 15 is 0 Å². The summed E-state index contributed by atoms with van der Waals surface area (Å²) in [6.45, 7) is 0.257. The summed E-state index contributed by atoms with van der Waals surface area (Å²) >= 11 is 0. The Kier molecular flexibility index (Phi) is 5.39. The summed E-state index contributed by atoms with van der Waals surface area (Å²) in [7, 11) is 0. The van der Waals surface area contributed by atoms with Crippen LogP contribution in [-0.2, 0) is 27.5 Å². The van der Waals surface area contributed by atoms with Gasteiger partial charge in [-0.05, 0) is 25.0 Å². The maximum atomic E-state index is 14.0. The normalized spacial score (nSPS) is 19.8. The van der Waals surface area contributed by atoms with E-state index in [9.17, 15) is 9.18 Å². The third kappa shape index (κ3) is 4.14. The molecule has 1 aliphatic heterocycles. The molecule has 0 spiro atoms. The maximum Gasteiger partial charge on any atom is 0.309 e. The average molecular weight is 370 g/mol. The van der Waals surface area contributed by atoms with Gasteiger partial charge in [-0.25, -0.2) is 4.39 Å². The van der Waals surface area contributed by atoms with E-state index in [0.717, 1.165) is 31.2 Å². The minimum Gasteiger partial charge on any atom is -0.460 e. The van der Waals surface area contributed by atoms with E-state index in [1.165, 1.54) is 18.6 Å². The van der Waals surface area contributed by atoms with Crippen LogP contribution in [0.3, 0.4) is 0 Å². The third-order valence-electron chi connectivity index (χ3n) is 5.20. The summed E-state index contributed by atoms with van der Waals surface area (Å²) in [6.07, 6.45) is 4.50. The summed E-state index contributed by atoms with van der Waals surface area (Å²) in [6, 6.07) is 12.4. The minimum atomic E-state index is -0.558. The van der Waals surface area contributed by atoms with E-state index in [1.807, 2.05) is 30.3 Å². The molecule has 1 fully saturated rings. The Morgan fingerprint density at radius 1 is 1.11 bits per heavy atom. The molecule has 1 saturated carbocycles. The maximum absolute atomic E-state index is 14.0. The number of esters is 1. The number of benzene rings is 2. The van der Waals surface area contributed by atoms with Crippen LogP contribution in [0.25, 0.3) is 0 Å². The average Bonchev–Trinajstić information content (AvgIpc) is 2.72. The number of ether oxygens (including phenoxy) is 3. The molecule has 1 heterocycles. The van der Waals surface area contributed by atoms with Gasteiger partial charge in [0.05, 0.1) is 12.5 Å². The molecule has 1 atom stereocenters. The SMILES string of the molecule is O=C(OCc1cc(F)cc2c1OC(c1ccccc1)OC2)C1CCCCC1. The molecule has 0 radical (unpaired) electrons. The lowest BCUT2D eigenvalue weighted by atomic mass is 9.89. The predicted octanol–water partition coefficient (Wildman–Crippen LogP) is 5.06. The number of hydrogen-bond acceptors (Lipinski definition) is 4. The largest absolute Gasteiger partial charge is 0.460 e. The van der Waals surface area contributed by atoms with Crippen LogP contribution >= 0.6 is 0 Å². The van der Waals surface area contributed by atoms with Gasteiger partial charge in [0.15, 0.2) is 0 Å². The molecule has 0 aromatic heterocycles. The number of hydrogen-bond donors (Lipinski definition) is 0. The van der Waals surface area contributed by atoms with Crippen molar-refractivity contribution in [1.29, 1.82) is 0 Å². The van der Waals surface area contributed by atoms with Crippen molar-refractivity contribution in [2.45, 2.75) is 51.6 Å². The lowest BCUT2D eigenvalue weighted by Gasteiger charge is -2.28. The lowest BCUT2D eigenvalue weighted by Crippen LogP contribution is -2.22. The highest BCUT2D eigenvalue weighted by molar-refractivity contribution is 5.72. The standard InChI is InChI=1S/C22H23FO4/c23-19-11-17(13-25-21(24)15-7-3-1-4-8-15)20-18(12-19)14-26-22(27-20)16-9-5-2-6-10-16/h2,5-6,9-12,15,22H,1,3-4,7-8,13-14H2. The zero-order chi connectivity index (χ0) is 18.6. The number of carbonyl (C=O) groups is 1. The van der Waals surface area contributed by atoms with Crippen molar-refractivity contribution in [2.75, 3.05) is 0 Å². The van der Waals surface area contributed by atoms with E-state index in [1.54, 1.807) is 0 Å². The third-order valence-corrected chi connectivity index (χ3v) is 5.20. The van der Waals surface area contributed by atoms with Crippen LogP contribution < -0.4 is 4.74 Å². The van der Waals surface area contributed by atoms with Crippen LogP contribution in [0, 0.1) is 11.7 Å². The quantitative estimate of drug-likeness (QED) is 0.706. The second-order valence-electron chi connectivity index (χ2n) is 7.17. The number of rotatable bonds is 4. The van der Waals surface area contributed by atoms with Crippen LogP contribution in [0.2, 0.25) is 0 Å². The first-order valence-electron chi connectivity index (χ1n) is 9.52. The Balaban J connectivity index is 1.50. The summed E-state index contributed by atoms with van der Waals surface area (Å²) in [5.41, 5.74) is 2.06. The summed E-state index contributed by atoms with van der Waals surface area (Å²) in [4.78, 5) is 12.3. The van der Waals surface area contributed by atoms with Gasteiger partial charge in [0, 0.05) is 16.7 Å². The number of fused-ring (bicyclic) bond motifs is 1. The minimum absolute atomic E-state index is 0.0108. The monoisotopic (exact) mass is 370 g/mol. The van der Waals surface area contributed by atoms with Gasteiger partial charge in [-0.3, -0.25) is 4.79 Å². The van der Waals surface area contributed by atoms with Crippen LogP contribution in [-0.4, -0.2) is 5.97 Å². The highest BCUT2D eigenvalue weighted by Gasteiger charge is 2.27. The van der Waals surface area contributed by atoms with Gasteiger partial charge in [-0.15, -0.1) is 0 Å². The highest BCUT2D eigenvalue weighted by Crippen LogP contribution is 2.37. The number of halogens is 1. The Morgan fingerprint density at radius 2 is 1.89 bits per heavy atom. The fraction of sp³-hybridized carbons (Fsp3) is 0.409. The number of carbonyl (C=O) groups excluding carboxylic acids is 1. The molecule has 0 N–H and O–H groups in total. The molecule has 5 heteroatoms. The van der Waals surface area contributed by atoms with E-state index < -0.39 is 6.29 Å². The zero-order valence-electron chi connectivity index (χ0n) is 15.2. The van der Waals surface area contributed by atoms with E-state index in [0.29, 0.717) is 16.9 Å². The van der Waals surface area contributed by atoms with E-state index in [2.05, 4.69) is 0 Å². The fourth-order valence-corrected chi connectivity index (χ4v) is 3.76.